The van der Waals surface area contributed by atoms with Crippen LogP contribution in [0.3, 0.4) is 0 Å². The Morgan fingerprint density at radius 2 is 1.73 bits per heavy atom. The normalized spacial score (nSPS) is 12.9. The Morgan fingerprint density at radius 1 is 0.970 bits per heavy atom. The van der Waals surface area contributed by atoms with Crippen LogP contribution < -0.4 is 5.43 Å². The highest BCUT2D eigenvalue weighted by Crippen LogP contribution is 2.31. The van der Waals surface area contributed by atoms with E-state index in [-0.39, 0.29) is 17.1 Å². The van der Waals surface area contributed by atoms with Crippen LogP contribution in [-0.4, -0.2) is 25.2 Å². The van der Waals surface area contributed by atoms with Crippen molar-refractivity contribution in [1.29, 1.82) is 0 Å². The van der Waals surface area contributed by atoms with Gasteiger partial charge in [0, 0.05) is 24.0 Å². The molecule has 0 N–H and O–H groups in total. The van der Waals surface area contributed by atoms with E-state index in [9.17, 15) is 9.59 Å². The monoisotopic (exact) mass is 436 g/mol. The van der Waals surface area contributed by atoms with Crippen LogP contribution in [0.15, 0.2) is 88.3 Å². The number of hydrogen-bond donors (Lipinski definition) is 0. The summed E-state index contributed by atoms with van der Waals surface area (Å²) >= 11 is 0. The lowest BCUT2D eigenvalue weighted by molar-refractivity contribution is 0.0717. The number of hydrogen-bond acceptors (Lipinski definition) is 4. The second-order valence-electron chi connectivity index (χ2n) is 8.22. The molecule has 1 aliphatic heterocycles. The molecule has 3 aromatic heterocycles. The Balaban J connectivity index is 1.39. The van der Waals surface area contributed by atoms with Crippen LogP contribution in [0.25, 0.3) is 22.5 Å². The van der Waals surface area contributed by atoms with Gasteiger partial charge in [0.25, 0.3) is 5.91 Å². The lowest BCUT2D eigenvalue weighted by atomic mass is 10.2. The molecule has 6 rings (SSSR count). The molecule has 33 heavy (non-hydrogen) atoms. The third-order valence-corrected chi connectivity index (χ3v) is 5.99. The van der Waals surface area contributed by atoms with Gasteiger partial charge in [-0.15, -0.1) is 0 Å². The first-order valence-electron chi connectivity index (χ1n) is 10.7. The second kappa shape index (κ2) is 7.34. The predicted molar refractivity (Wildman–Crippen MR) is 124 cm³/mol. The highest BCUT2D eigenvalue weighted by atomic mass is 16.3. The molecular weight excluding hydrogens is 416 g/mol. The largest absolute Gasteiger partial charge is 0.451 e. The third-order valence-electron chi connectivity index (χ3n) is 5.99. The van der Waals surface area contributed by atoms with Crippen molar-refractivity contribution >= 4 is 16.9 Å². The van der Waals surface area contributed by atoms with E-state index in [0.29, 0.717) is 24.1 Å². The number of aromatic nitrogens is 3. The van der Waals surface area contributed by atoms with Crippen LogP contribution in [0.2, 0.25) is 0 Å². The summed E-state index contributed by atoms with van der Waals surface area (Å²) in [6, 6.07) is 20.3. The number of fused-ring (bicyclic) bond motifs is 2. The van der Waals surface area contributed by atoms with Gasteiger partial charge in [-0.25, -0.2) is 4.68 Å². The Morgan fingerprint density at radius 3 is 2.52 bits per heavy atom. The number of benzene rings is 2. The summed E-state index contributed by atoms with van der Waals surface area (Å²) in [4.78, 5) is 27.4. The van der Waals surface area contributed by atoms with Crippen LogP contribution in [-0.2, 0) is 13.1 Å². The van der Waals surface area contributed by atoms with E-state index in [1.54, 1.807) is 29.2 Å². The third kappa shape index (κ3) is 3.17. The van der Waals surface area contributed by atoms with Gasteiger partial charge in [-0.2, -0.15) is 5.10 Å². The summed E-state index contributed by atoms with van der Waals surface area (Å²) in [6.07, 6.45) is 3.93. The first-order valence-corrected chi connectivity index (χ1v) is 10.7. The molecule has 0 aliphatic carbocycles. The molecule has 5 aromatic rings. The van der Waals surface area contributed by atoms with Gasteiger partial charge in [0.15, 0.2) is 11.2 Å². The van der Waals surface area contributed by atoms with Gasteiger partial charge in [-0.1, -0.05) is 29.8 Å². The minimum Gasteiger partial charge on any atom is -0.451 e. The summed E-state index contributed by atoms with van der Waals surface area (Å²) < 4.78 is 9.71. The zero-order valence-electron chi connectivity index (χ0n) is 17.9. The van der Waals surface area contributed by atoms with E-state index >= 15 is 0 Å². The zero-order chi connectivity index (χ0) is 22.5. The van der Waals surface area contributed by atoms with Gasteiger partial charge in [0.2, 0.25) is 0 Å². The van der Waals surface area contributed by atoms with Crippen molar-refractivity contribution in [3.05, 3.63) is 112 Å². The average molecular weight is 436 g/mol. The van der Waals surface area contributed by atoms with Crippen molar-refractivity contribution in [2.45, 2.75) is 20.0 Å². The molecule has 0 fully saturated rings. The minimum absolute atomic E-state index is 0.0396. The van der Waals surface area contributed by atoms with Crippen LogP contribution in [0, 0.1) is 6.92 Å². The molecule has 0 radical (unpaired) electrons. The van der Waals surface area contributed by atoms with Crippen LogP contribution in [0.5, 0.6) is 0 Å². The second-order valence-corrected chi connectivity index (χ2v) is 8.22. The maximum absolute atomic E-state index is 13.3. The van der Waals surface area contributed by atoms with E-state index in [0.717, 1.165) is 22.8 Å². The molecular formula is C26H20N4O3. The minimum atomic E-state index is -0.323. The molecule has 0 atom stereocenters. The van der Waals surface area contributed by atoms with Crippen molar-refractivity contribution in [1.82, 2.24) is 19.2 Å². The van der Waals surface area contributed by atoms with Crippen LogP contribution in [0.4, 0.5) is 0 Å². The number of carbonyl (C=O) groups excluding carboxylic acids is 1. The maximum Gasteiger partial charge on any atom is 0.290 e. The molecule has 0 bridgehead atoms. The summed E-state index contributed by atoms with van der Waals surface area (Å²) in [5, 5.41) is 5.31. The smallest absolute Gasteiger partial charge is 0.290 e. The van der Waals surface area contributed by atoms with Crippen molar-refractivity contribution in [2.24, 2.45) is 0 Å². The molecule has 7 nitrogen and oxygen atoms in total. The molecule has 4 heterocycles. The molecule has 2 aromatic carbocycles. The van der Waals surface area contributed by atoms with Crippen molar-refractivity contribution in [3.8, 4) is 11.5 Å². The van der Waals surface area contributed by atoms with Crippen molar-refractivity contribution < 1.29 is 9.21 Å². The standard InChI is InChI=1S/C26H20N4O3/c1-17-8-10-18(11-9-17)30-25(28-12-4-5-13-28)20-15-29(16-21(20)27-30)26(32)24-14-22(31)19-6-2-3-7-23(19)33-24/h2-14H,15-16H2,1H3. The van der Waals surface area contributed by atoms with E-state index in [4.69, 9.17) is 9.52 Å². The van der Waals surface area contributed by atoms with Gasteiger partial charge in [-0.3, -0.25) is 9.59 Å². The molecule has 1 amide bonds. The first-order chi connectivity index (χ1) is 16.1. The molecule has 0 saturated carbocycles. The summed E-state index contributed by atoms with van der Waals surface area (Å²) in [7, 11) is 0. The lowest BCUT2D eigenvalue weighted by Gasteiger charge is -2.17. The fourth-order valence-electron chi connectivity index (χ4n) is 4.32. The number of nitrogens with zero attached hydrogens (tertiary/aromatic N) is 4. The number of aryl methyl sites for hydroxylation is 1. The number of para-hydroxylation sites is 1. The highest BCUT2D eigenvalue weighted by molar-refractivity contribution is 5.93. The van der Waals surface area contributed by atoms with Crippen molar-refractivity contribution in [3.63, 3.8) is 0 Å². The quantitative estimate of drug-likeness (QED) is 0.424. The summed E-state index contributed by atoms with van der Waals surface area (Å²) in [5.41, 5.74) is 4.11. The molecule has 0 unspecified atom stereocenters. The number of amides is 1. The lowest BCUT2D eigenvalue weighted by Crippen LogP contribution is -2.27. The van der Waals surface area contributed by atoms with E-state index in [2.05, 4.69) is 12.1 Å². The first kappa shape index (κ1) is 19.3. The summed E-state index contributed by atoms with van der Waals surface area (Å²) in [5.74, 6) is 0.614. The SMILES string of the molecule is Cc1ccc(-n2nc3c(c2-n2cccc2)CN(C(=O)c2cc(=O)c4ccccc4o2)C3)cc1. The van der Waals surface area contributed by atoms with Gasteiger partial charge >= 0.3 is 0 Å². The molecule has 0 spiro atoms. The molecule has 162 valence electrons. The summed E-state index contributed by atoms with van der Waals surface area (Å²) in [6.45, 7) is 2.77. The highest BCUT2D eigenvalue weighted by Gasteiger charge is 2.33. The van der Waals surface area contributed by atoms with Crippen molar-refractivity contribution in [2.75, 3.05) is 0 Å². The Hall–Kier alpha value is -4.39. The van der Waals surface area contributed by atoms with Crippen LogP contribution in [0.1, 0.15) is 27.4 Å². The van der Waals surface area contributed by atoms with Crippen LogP contribution >= 0.6 is 0 Å². The number of rotatable bonds is 3. The van der Waals surface area contributed by atoms with Gasteiger partial charge in [0.1, 0.15) is 11.4 Å². The zero-order valence-corrected chi connectivity index (χ0v) is 17.9. The van der Waals surface area contributed by atoms with Gasteiger partial charge in [-0.05, 0) is 43.3 Å². The molecule has 0 saturated heterocycles. The van der Waals surface area contributed by atoms with E-state index in [1.807, 2.05) is 52.8 Å². The maximum atomic E-state index is 13.3. The fourth-order valence-corrected chi connectivity index (χ4v) is 4.32. The average Bonchev–Trinajstić information content (AvgIpc) is 3.55. The van der Waals surface area contributed by atoms with E-state index in [1.165, 1.54) is 11.6 Å². The topological polar surface area (TPSA) is 73.3 Å². The van der Waals surface area contributed by atoms with Gasteiger partial charge < -0.3 is 13.9 Å². The Labute approximate surface area is 189 Å². The molecule has 7 heteroatoms. The van der Waals surface area contributed by atoms with Gasteiger partial charge in [0.05, 0.1) is 29.9 Å². The van der Waals surface area contributed by atoms with E-state index < -0.39 is 0 Å². The molecule has 1 aliphatic rings. The Bertz CT molecular complexity index is 1560. The fraction of sp³-hybridized carbons (Fsp3) is 0.115. The predicted octanol–water partition coefficient (Wildman–Crippen LogP) is 4.23. The Kier molecular flexibility index (Phi) is 4.29. The number of carbonyl (C=O) groups is 1.